The Labute approximate surface area is 130 Å². The van der Waals surface area contributed by atoms with Crippen molar-refractivity contribution in [3.05, 3.63) is 69.7 Å². The van der Waals surface area contributed by atoms with E-state index in [0.29, 0.717) is 18.7 Å². The van der Waals surface area contributed by atoms with Crippen LogP contribution in [0.3, 0.4) is 0 Å². The molecule has 0 aliphatic carbocycles. The van der Waals surface area contributed by atoms with E-state index in [0.717, 1.165) is 10.0 Å². The predicted octanol–water partition coefficient (Wildman–Crippen LogP) is 5.37. The summed E-state index contributed by atoms with van der Waals surface area (Å²) in [6.07, 6.45) is 1.00. The normalized spacial score (nSPS) is 12.4. The van der Waals surface area contributed by atoms with Crippen molar-refractivity contribution in [1.29, 1.82) is 0 Å². The number of hydrogen-bond donors (Lipinski definition) is 0. The molecule has 4 heteroatoms. The minimum Gasteiger partial charge on any atom is -0.207 e. The van der Waals surface area contributed by atoms with Gasteiger partial charge in [0.2, 0.25) is 0 Å². The Morgan fingerprint density at radius 3 is 2.10 bits per heavy atom. The van der Waals surface area contributed by atoms with Crippen LogP contribution in [0.2, 0.25) is 0 Å². The molecule has 0 heterocycles. The smallest absolute Gasteiger partial charge is 0.129 e. The van der Waals surface area contributed by atoms with Crippen LogP contribution < -0.4 is 0 Å². The highest BCUT2D eigenvalue weighted by Crippen LogP contribution is 2.21. The lowest BCUT2D eigenvalue weighted by Crippen LogP contribution is -2.12. The van der Waals surface area contributed by atoms with Gasteiger partial charge in [0.25, 0.3) is 0 Å². The first-order valence-corrected chi connectivity index (χ1v) is 7.66. The maximum absolute atomic E-state index is 13.6. The average Bonchev–Trinajstić information content (AvgIpc) is 2.44. The van der Waals surface area contributed by atoms with E-state index in [9.17, 15) is 8.78 Å². The van der Waals surface area contributed by atoms with Crippen LogP contribution in [0.5, 0.6) is 0 Å². The molecule has 0 saturated carbocycles. The first-order chi connectivity index (χ1) is 9.60. The summed E-state index contributed by atoms with van der Waals surface area (Å²) in [6.45, 7) is 0. The zero-order valence-corrected chi connectivity index (χ0v) is 13.1. The lowest BCUT2D eigenvalue weighted by atomic mass is 9.93. The fourth-order valence-corrected chi connectivity index (χ4v) is 2.63. The highest BCUT2D eigenvalue weighted by molar-refractivity contribution is 9.10. The summed E-state index contributed by atoms with van der Waals surface area (Å²) in [7, 11) is 0. The van der Waals surface area contributed by atoms with Gasteiger partial charge < -0.3 is 0 Å². The molecule has 1 atom stereocenters. The third-order valence-electron chi connectivity index (χ3n) is 3.21. The van der Waals surface area contributed by atoms with Crippen molar-refractivity contribution in [2.75, 3.05) is 5.88 Å². The second kappa shape index (κ2) is 7.19. The van der Waals surface area contributed by atoms with Crippen LogP contribution in [0.1, 0.15) is 11.1 Å². The third-order valence-corrected chi connectivity index (χ3v) is 4.18. The van der Waals surface area contributed by atoms with E-state index >= 15 is 0 Å². The van der Waals surface area contributed by atoms with E-state index < -0.39 is 11.6 Å². The van der Waals surface area contributed by atoms with Gasteiger partial charge in [0.05, 0.1) is 0 Å². The van der Waals surface area contributed by atoms with Gasteiger partial charge in [0.1, 0.15) is 11.6 Å². The fourth-order valence-electron chi connectivity index (χ4n) is 2.15. The van der Waals surface area contributed by atoms with Gasteiger partial charge in [-0.25, -0.2) is 8.78 Å². The molecule has 0 bridgehead atoms. The molecule has 0 aliphatic heterocycles. The van der Waals surface area contributed by atoms with Gasteiger partial charge in [-0.3, -0.25) is 0 Å². The molecule has 0 fully saturated rings. The van der Waals surface area contributed by atoms with E-state index in [1.54, 1.807) is 0 Å². The fraction of sp³-hybridized carbons (Fsp3) is 0.250. The number of rotatable bonds is 5. The average molecular weight is 360 g/mol. The Morgan fingerprint density at radius 1 is 0.950 bits per heavy atom. The summed E-state index contributed by atoms with van der Waals surface area (Å²) < 4.78 is 28.3. The molecule has 0 radical (unpaired) electrons. The van der Waals surface area contributed by atoms with Gasteiger partial charge in [-0.05, 0) is 48.6 Å². The summed E-state index contributed by atoms with van der Waals surface area (Å²) in [6, 6.07) is 11.8. The van der Waals surface area contributed by atoms with Gasteiger partial charge in [0.15, 0.2) is 0 Å². The maximum Gasteiger partial charge on any atom is 0.129 e. The number of benzene rings is 2. The van der Waals surface area contributed by atoms with E-state index in [1.807, 2.05) is 24.3 Å². The second-order valence-electron chi connectivity index (χ2n) is 4.76. The summed E-state index contributed by atoms with van der Waals surface area (Å²) in [5.74, 6) is -0.639. The molecular weight excluding hydrogens is 346 g/mol. The van der Waals surface area contributed by atoms with Crippen LogP contribution in [0.15, 0.2) is 46.9 Å². The zero-order valence-electron chi connectivity index (χ0n) is 10.8. The summed E-state index contributed by atoms with van der Waals surface area (Å²) >= 11 is 9.33. The van der Waals surface area contributed by atoms with E-state index in [2.05, 4.69) is 15.9 Å². The second-order valence-corrected chi connectivity index (χ2v) is 5.98. The van der Waals surface area contributed by atoms with Gasteiger partial charge >= 0.3 is 0 Å². The third kappa shape index (κ3) is 4.03. The van der Waals surface area contributed by atoms with E-state index in [4.69, 9.17) is 11.6 Å². The van der Waals surface area contributed by atoms with Crippen LogP contribution in [0.25, 0.3) is 0 Å². The van der Waals surface area contributed by atoms with Crippen molar-refractivity contribution in [2.24, 2.45) is 5.92 Å². The van der Waals surface area contributed by atoms with Crippen LogP contribution in [0, 0.1) is 17.6 Å². The molecule has 106 valence electrons. The molecule has 2 aromatic carbocycles. The largest absolute Gasteiger partial charge is 0.207 e. The predicted molar refractivity (Wildman–Crippen MR) is 82.1 cm³/mol. The monoisotopic (exact) mass is 358 g/mol. The summed E-state index contributed by atoms with van der Waals surface area (Å²) in [5, 5.41) is 0. The van der Waals surface area contributed by atoms with Crippen LogP contribution in [0.4, 0.5) is 8.78 Å². The number of hydrogen-bond acceptors (Lipinski definition) is 0. The number of alkyl halides is 1. The SMILES string of the molecule is Fc1cccc(F)c1CC(CCl)Cc1ccc(Br)cc1. The highest BCUT2D eigenvalue weighted by atomic mass is 79.9. The molecule has 0 N–H and O–H groups in total. The Hall–Kier alpha value is -0.930. The number of halogens is 4. The molecule has 0 aliphatic rings. The van der Waals surface area contributed by atoms with Crippen molar-refractivity contribution in [1.82, 2.24) is 0 Å². The summed E-state index contributed by atoms with van der Waals surface area (Å²) in [4.78, 5) is 0. The van der Waals surface area contributed by atoms with Crippen molar-refractivity contribution in [2.45, 2.75) is 12.8 Å². The standard InChI is InChI=1S/C16H14BrClF2/c17-13-6-4-11(5-7-13)8-12(10-18)9-14-15(19)2-1-3-16(14)20/h1-7,12H,8-10H2. The summed E-state index contributed by atoms with van der Waals surface area (Å²) in [5.41, 5.74) is 1.23. The molecule has 1 unspecified atom stereocenters. The highest BCUT2D eigenvalue weighted by Gasteiger charge is 2.15. The quantitative estimate of drug-likeness (QED) is 0.630. The van der Waals surface area contributed by atoms with Crippen LogP contribution in [-0.2, 0) is 12.8 Å². The Balaban J connectivity index is 2.11. The van der Waals surface area contributed by atoms with Gasteiger partial charge in [-0.2, -0.15) is 0 Å². The molecule has 0 spiro atoms. The van der Waals surface area contributed by atoms with E-state index in [-0.39, 0.29) is 11.5 Å². The van der Waals surface area contributed by atoms with Crippen molar-refractivity contribution in [3.63, 3.8) is 0 Å². The first-order valence-electron chi connectivity index (χ1n) is 6.33. The van der Waals surface area contributed by atoms with Crippen LogP contribution in [-0.4, -0.2) is 5.88 Å². The lowest BCUT2D eigenvalue weighted by Gasteiger charge is -2.15. The molecule has 0 aromatic heterocycles. The van der Waals surface area contributed by atoms with Crippen molar-refractivity contribution < 1.29 is 8.78 Å². The molecular formula is C16H14BrClF2. The Morgan fingerprint density at radius 2 is 1.55 bits per heavy atom. The molecule has 20 heavy (non-hydrogen) atoms. The molecule has 2 rings (SSSR count). The Bertz CT molecular complexity index is 549. The van der Waals surface area contributed by atoms with Crippen molar-refractivity contribution in [3.8, 4) is 0 Å². The van der Waals surface area contributed by atoms with Gasteiger partial charge in [-0.1, -0.05) is 34.1 Å². The molecule has 0 amide bonds. The van der Waals surface area contributed by atoms with Gasteiger partial charge in [0, 0.05) is 15.9 Å². The minimum absolute atomic E-state index is 0.00393. The maximum atomic E-state index is 13.6. The molecule has 2 aromatic rings. The zero-order chi connectivity index (χ0) is 14.5. The molecule has 0 nitrogen and oxygen atoms in total. The van der Waals surface area contributed by atoms with Crippen LogP contribution >= 0.6 is 27.5 Å². The van der Waals surface area contributed by atoms with E-state index in [1.165, 1.54) is 18.2 Å². The first kappa shape index (κ1) is 15.5. The van der Waals surface area contributed by atoms with Gasteiger partial charge in [-0.15, -0.1) is 11.6 Å². The topological polar surface area (TPSA) is 0 Å². The Kier molecular flexibility index (Phi) is 5.55. The minimum atomic E-state index is -0.504. The van der Waals surface area contributed by atoms with Crippen molar-refractivity contribution >= 4 is 27.5 Å². The molecule has 0 saturated heterocycles. The lowest BCUT2D eigenvalue weighted by molar-refractivity contribution is 0.508.